The number of amides is 1. The van der Waals surface area contributed by atoms with Gasteiger partial charge in [0.1, 0.15) is 5.60 Å². The Balaban J connectivity index is 2.28. The second kappa shape index (κ2) is 5.20. The first-order valence-electron chi connectivity index (χ1n) is 6.99. The number of esters is 1. The Kier molecular flexibility index (Phi) is 3.86. The van der Waals surface area contributed by atoms with Gasteiger partial charge in [-0.1, -0.05) is 0 Å². The normalized spacial score (nSPS) is 31.1. The van der Waals surface area contributed by atoms with Crippen molar-refractivity contribution in [1.29, 1.82) is 0 Å². The predicted octanol–water partition coefficient (Wildman–Crippen LogP) is 1.26. The largest absolute Gasteiger partial charge is 0.481 e. The summed E-state index contributed by atoms with van der Waals surface area (Å²) in [5.74, 6) is -3.41. The molecular formula is C14H21NO6. The lowest BCUT2D eigenvalue weighted by Gasteiger charge is -2.27. The number of carbonyl (C=O) groups excluding carboxylic acids is 2. The van der Waals surface area contributed by atoms with Crippen molar-refractivity contribution < 1.29 is 29.0 Å². The molecular weight excluding hydrogens is 278 g/mol. The molecule has 21 heavy (non-hydrogen) atoms. The summed E-state index contributed by atoms with van der Waals surface area (Å²) in [6, 6.07) is -0.968. The third-order valence-corrected chi connectivity index (χ3v) is 4.05. The molecule has 0 unspecified atom stereocenters. The van der Waals surface area contributed by atoms with Crippen LogP contribution in [0.1, 0.15) is 33.6 Å². The highest BCUT2D eigenvalue weighted by molar-refractivity contribution is 5.86. The number of hydrogen-bond acceptors (Lipinski definition) is 5. The Labute approximate surface area is 123 Å². The van der Waals surface area contributed by atoms with Crippen LogP contribution in [0.2, 0.25) is 0 Å². The number of aliphatic carboxylic acids is 1. The van der Waals surface area contributed by atoms with E-state index in [-0.39, 0.29) is 0 Å². The SMILES string of the molecule is COC(=O)[C@@H]1[C@@H](C(=O)O)[C@@H]2CC[C@H]1N2C(=O)OC(C)(C)C. The molecule has 2 bridgehead atoms. The molecule has 7 heteroatoms. The van der Waals surface area contributed by atoms with Crippen LogP contribution >= 0.6 is 0 Å². The standard InChI is InChI=1S/C14H21NO6/c1-14(2,3)21-13(19)15-7-5-6-8(15)10(12(18)20-4)9(7)11(16)17/h7-10H,5-6H2,1-4H3,(H,16,17)/t7-,8+,9-,10-/m0/s1. The summed E-state index contributed by atoms with van der Waals surface area (Å²) in [6.07, 6.45) is 0.592. The zero-order valence-corrected chi connectivity index (χ0v) is 12.7. The molecule has 2 rings (SSSR count). The lowest BCUT2D eigenvalue weighted by atomic mass is 9.79. The van der Waals surface area contributed by atoms with Gasteiger partial charge >= 0.3 is 18.0 Å². The highest BCUT2D eigenvalue weighted by atomic mass is 16.6. The number of carbonyl (C=O) groups is 3. The van der Waals surface area contributed by atoms with Crippen LogP contribution in [0, 0.1) is 11.8 Å². The second-order valence-electron chi connectivity index (χ2n) is 6.51. The smallest absolute Gasteiger partial charge is 0.410 e. The maximum atomic E-state index is 12.3. The van der Waals surface area contributed by atoms with Crippen LogP contribution < -0.4 is 0 Å². The number of carboxylic acids is 1. The molecule has 7 nitrogen and oxygen atoms in total. The van der Waals surface area contributed by atoms with Crippen molar-refractivity contribution >= 4 is 18.0 Å². The van der Waals surface area contributed by atoms with E-state index in [0.29, 0.717) is 12.8 Å². The average Bonchev–Trinajstić information content (AvgIpc) is 2.90. The summed E-state index contributed by atoms with van der Waals surface area (Å²) in [4.78, 5) is 37.1. The van der Waals surface area contributed by atoms with E-state index in [2.05, 4.69) is 0 Å². The fourth-order valence-corrected chi connectivity index (χ4v) is 3.39. The first-order valence-corrected chi connectivity index (χ1v) is 6.99. The van der Waals surface area contributed by atoms with Gasteiger partial charge in [-0.15, -0.1) is 0 Å². The van der Waals surface area contributed by atoms with E-state index in [1.54, 1.807) is 20.8 Å². The van der Waals surface area contributed by atoms with Gasteiger partial charge < -0.3 is 19.5 Å². The molecule has 0 aromatic rings. The third-order valence-electron chi connectivity index (χ3n) is 4.05. The maximum absolute atomic E-state index is 12.3. The van der Waals surface area contributed by atoms with E-state index < -0.39 is 47.6 Å². The van der Waals surface area contributed by atoms with Crippen molar-refractivity contribution in [2.75, 3.05) is 7.11 Å². The number of hydrogen-bond donors (Lipinski definition) is 1. The summed E-state index contributed by atoms with van der Waals surface area (Å²) in [5, 5.41) is 9.40. The van der Waals surface area contributed by atoms with E-state index in [9.17, 15) is 19.5 Å². The lowest BCUT2D eigenvalue weighted by molar-refractivity contribution is -0.156. The van der Waals surface area contributed by atoms with E-state index in [4.69, 9.17) is 9.47 Å². The van der Waals surface area contributed by atoms with Crippen molar-refractivity contribution in [2.24, 2.45) is 11.8 Å². The van der Waals surface area contributed by atoms with Gasteiger partial charge in [0.15, 0.2) is 0 Å². The summed E-state index contributed by atoms with van der Waals surface area (Å²) >= 11 is 0. The van der Waals surface area contributed by atoms with Crippen molar-refractivity contribution in [3.05, 3.63) is 0 Å². The Hall–Kier alpha value is -1.79. The van der Waals surface area contributed by atoms with Gasteiger partial charge in [0.25, 0.3) is 0 Å². The van der Waals surface area contributed by atoms with E-state index in [0.717, 1.165) is 0 Å². The van der Waals surface area contributed by atoms with Crippen LogP contribution in [0.25, 0.3) is 0 Å². The molecule has 0 saturated carbocycles. The molecule has 2 fully saturated rings. The number of rotatable bonds is 2. The predicted molar refractivity (Wildman–Crippen MR) is 71.5 cm³/mol. The van der Waals surface area contributed by atoms with Crippen molar-refractivity contribution in [3.8, 4) is 0 Å². The van der Waals surface area contributed by atoms with Gasteiger partial charge in [-0.3, -0.25) is 9.59 Å². The van der Waals surface area contributed by atoms with Crippen LogP contribution in [-0.4, -0.2) is 52.8 Å². The van der Waals surface area contributed by atoms with E-state index in [1.807, 2.05) is 0 Å². The number of fused-ring (bicyclic) bond motifs is 2. The van der Waals surface area contributed by atoms with Gasteiger partial charge in [-0.05, 0) is 33.6 Å². The summed E-state index contributed by atoms with van der Waals surface area (Å²) in [5.41, 5.74) is -0.668. The minimum absolute atomic E-state index is 0.460. The molecule has 0 radical (unpaired) electrons. The Morgan fingerprint density at radius 2 is 1.62 bits per heavy atom. The quantitative estimate of drug-likeness (QED) is 0.772. The fraction of sp³-hybridized carbons (Fsp3) is 0.786. The molecule has 2 aliphatic heterocycles. The monoisotopic (exact) mass is 299 g/mol. The molecule has 2 aliphatic rings. The van der Waals surface area contributed by atoms with Gasteiger partial charge in [0.2, 0.25) is 0 Å². The molecule has 0 aliphatic carbocycles. The van der Waals surface area contributed by atoms with Gasteiger partial charge in [-0.25, -0.2) is 4.79 Å². The van der Waals surface area contributed by atoms with E-state index in [1.165, 1.54) is 12.0 Å². The van der Waals surface area contributed by atoms with Crippen LogP contribution in [0.15, 0.2) is 0 Å². The zero-order valence-electron chi connectivity index (χ0n) is 12.7. The van der Waals surface area contributed by atoms with Crippen LogP contribution in [0.4, 0.5) is 4.79 Å². The molecule has 0 aromatic heterocycles. The number of nitrogens with zero attached hydrogens (tertiary/aromatic N) is 1. The highest BCUT2D eigenvalue weighted by Crippen LogP contribution is 2.47. The number of ether oxygens (including phenoxy) is 2. The molecule has 118 valence electrons. The topological polar surface area (TPSA) is 93.1 Å². The highest BCUT2D eigenvalue weighted by Gasteiger charge is 2.61. The van der Waals surface area contributed by atoms with Crippen LogP contribution in [-0.2, 0) is 19.1 Å². The Bertz CT molecular complexity index is 469. The molecule has 2 heterocycles. The van der Waals surface area contributed by atoms with Crippen LogP contribution in [0.5, 0.6) is 0 Å². The third kappa shape index (κ3) is 2.69. The first kappa shape index (κ1) is 15.6. The van der Waals surface area contributed by atoms with Crippen molar-refractivity contribution in [1.82, 2.24) is 4.90 Å². The van der Waals surface area contributed by atoms with Crippen molar-refractivity contribution in [2.45, 2.75) is 51.3 Å². The average molecular weight is 299 g/mol. The molecule has 2 saturated heterocycles. The molecule has 4 atom stereocenters. The fourth-order valence-electron chi connectivity index (χ4n) is 3.39. The molecule has 1 N–H and O–H groups in total. The zero-order chi connectivity index (χ0) is 15.9. The minimum Gasteiger partial charge on any atom is -0.481 e. The summed E-state index contributed by atoms with van der Waals surface area (Å²) < 4.78 is 10.0. The molecule has 0 aromatic carbocycles. The van der Waals surface area contributed by atoms with Gasteiger partial charge in [-0.2, -0.15) is 0 Å². The van der Waals surface area contributed by atoms with Gasteiger partial charge in [0.05, 0.1) is 18.9 Å². The minimum atomic E-state index is -1.08. The van der Waals surface area contributed by atoms with Crippen molar-refractivity contribution in [3.63, 3.8) is 0 Å². The lowest BCUT2D eigenvalue weighted by Crippen LogP contribution is -2.41. The van der Waals surface area contributed by atoms with Gasteiger partial charge in [0, 0.05) is 12.1 Å². The maximum Gasteiger partial charge on any atom is 0.410 e. The Morgan fingerprint density at radius 3 is 2.05 bits per heavy atom. The molecule has 1 amide bonds. The summed E-state index contributed by atoms with van der Waals surface area (Å²) in [7, 11) is 1.23. The van der Waals surface area contributed by atoms with Crippen LogP contribution in [0.3, 0.4) is 0 Å². The Morgan fingerprint density at radius 1 is 1.10 bits per heavy atom. The number of methoxy groups -OCH3 is 1. The second-order valence-corrected chi connectivity index (χ2v) is 6.51. The number of carboxylic acid groups (broad SMARTS) is 1. The molecule has 0 spiro atoms. The summed E-state index contributed by atoms with van der Waals surface area (Å²) in [6.45, 7) is 5.24. The van der Waals surface area contributed by atoms with E-state index >= 15 is 0 Å². The first-order chi connectivity index (χ1) is 9.67.